The molecular weight excluding hydrogens is 382 g/mol. The minimum atomic E-state index is -0.131. The molecule has 30 heavy (non-hydrogen) atoms. The van der Waals surface area contributed by atoms with Crippen LogP contribution in [0.5, 0.6) is 5.75 Å². The highest BCUT2D eigenvalue weighted by Gasteiger charge is 2.18. The second kappa shape index (κ2) is 8.47. The molecule has 4 rings (SSSR count). The summed E-state index contributed by atoms with van der Waals surface area (Å²) in [5, 5.41) is 8.66. The van der Waals surface area contributed by atoms with Gasteiger partial charge in [0, 0.05) is 32.1 Å². The van der Waals surface area contributed by atoms with Gasteiger partial charge in [-0.3, -0.25) is 14.3 Å². The van der Waals surface area contributed by atoms with Crippen molar-refractivity contribution in [3.63, 3.8) is 0 Å². The maximum absolute atomic E-state index is 12.7. The van der Waals surface area contributed by atoms with Crippen molar-refractivity contribution in [1.82, 2.24) is 24.6 Å². The van der Waals surface area contributed by atoms with Gasteiger partial charge in [-0.05, 0) is 43.5 Å². The average molecular weight is 412 g/mol. The van der Waals surface area contributed by atoms with Crippen molar-refractivity contribution in [3.8, 4) is 5.75 Å². The number of likely N-dealkylation sites (tertiary alicyclic amines) is 1. The SMILES string of the molecule is COc1ccc2c(c1)c1c(cnn1CC(=O)NCCN1CCCC(C)C1)c(=O)n2C. The molecule has 1 fully saturated rings. The first-order valence-electron chi connectivity index (χ1n) is 10.5. The molecule has 1 saturated heterocycles. The fourth-order valence-corrected chi connectivity index (χ4v) is 4.40. The summed E-state index contributed by atoms with van der Waals surface area (Å²) < 4.78 is 8.56. The standard InChI is InChI=1S/C22H29N5O3/c1-15-5-4-9-26(13-15)10-8-23-20(28)14-27-21-17-11-16(30-3)6-7-19(17)25(2)22(29)18(21)12-24-27/h6-7,11-12,15H,4-5,8-10,13-14H2,1-3H3,(H,23,28). The highest BCUT2D eigenvalue weighted by Crippen LogP contribution is 2.26. The Morgan fingerprint density at radius 3 is 2.93 bits per heavy atom. The van der Waals surface area contributed by atoms with Crippen molar-refractivity contribution in [3.05, 3.63) is 34.7 Å². The summed E-state index contributed by atoms with van der Waals surface area (Å²) in [5.41, 5.74) is 1.30. The van der Waals surface area contributed by atoms with Gasteiger partial charge in [-0.2, -0.15) is 5.10 Å². The summed E-state index contributed by atoms with van der Waals surface area (Å²) in [5.74, 6) is 1.30. The Kier molecular flexibility index (Phi) is 5.76. The maximum atomic E-state index is 12.7. The molecule has 1 aromatic carbocycles. The van der Waals surface area contributed by atoms with Gasteiger partial charge in [0.25, 0.3) is 5.56 Å². The third kappa shape index (κ3) is 3.92. The number of carbonyl (C=O) groups excluding carboxylic acids is 1. The van der Waals surface area contributed by atoms with E-state index in [1.54, 1.807) is 29.6 Å². The number of fused-ring (bicyclic) bond motifs is 3. The number of nitrogens with one attached hydrogen (secondary N) is 1. The number of nitrogens with zero attached hydrogens (tertiary/aromatic N) is 4. The second-order valence-electron chi connectivity index (χ2n) is 8.21. The summed E-state index contributed by atoms with van der Waals surface area (Å²) in [4.78, 5) is 27.7. The normalized spacial score (nSPS) is 17.5. The first-order chi connectivity index (χ1) is 14.5. The molecule has 160 valence electrons. The quantitative estimate of drug-likeness (QED) is 0.668. The Morgan fingerprint density at radius 1 is 1.33 bits per heavy atom. The minimum absolute atomic E-state index is 0.0688. The topological polar surface area (TPSA) is 81.4 Å². The van der Waals surface area contributed by atoms with E-state index < -0.39 is 0 Å². The molecule has 1 unspecified atom stereocenters. The molecule has 1 amide bonds. The number of aryl methyl sites for hydroxylation is 1. The largest absolute Gasteiger partial charge is 0.497 e. The van der Waals surface area contributed by atoms with Crippen LogP contribution in [0.3, 0.4) is 0 Å². The highest BCUT2D eigenvalue weighted by molar-refractivity contribution is 6.04. The molecule has 0 bridgehead atoms. The molecule has 1 N–H and O–H groups in total. The molecule has 1 aliphatic heterocycles. The molecule has 8 heteroatoms. The van der Waals surface area contributed by atoms with Gasteiger partial charge in [-0.15, -0.1) is 0 Å². The molecule has 0 saturated carbocycles. The average Bonchev–Trinajstić information content (AvgIpc) is 3.15. The van der Waals surface area contributed by atoms with Crippen molar-refractivity contribution in [2.45, 2.75) is 26.3 Å². The first-order valence-corrected chi connectivity index (χ1v) is 10.5. The van der Waals surface area contributed by atoms with Crippen molar-refractivity contribution in [1.29, 1.82) is 0 Å². The van der Waals surface area contributed by atoms with Crippen LogP contribution in [0.4, 0.5) is 0 Å². The van der Waals surface area contributed by atoms with Crippen LogP contribution < -0.4 is 15.6 Å². The van der Waals surface area contributed by atoms with Gasteiger partial charge in [0.05, 0.1) is 29.7 Å². The number of methoxy groups -OCH3 is 1. The van der Waals surface area contributed by atoms with E-state index >= 15 is 0 Å². The van der Waals surface area contributed by atoms with Crippen LogP contribution in [-0.4, -0.2) is 58.4 Å². The van der Waals surface area contributed by atoms with E-state index in [-0.39, 0.29) is 18.0 Å². The number of ether oxygens (including phenoxy) is 1. The van der Waals surface area contributed by atoms with Gasteiger partial charge in [-0.25, -0.2) is 0 Å². The Hall–Kier alpha value is -2.87. The zero-order valence-electron chi connectivity index (χ0n) is 17.9. The van der Waals surface area contributed by atoms with Gasteiger partial charge >= 0.3 is 0 Å². The zero-order valence-corrected chi connectivity index (χ0v) is 17.9. The second-order valence-corrected chi connectivity index (χ2v) is 8.21. The number of piperidine rings is 1. The molecular formula is C22H29N5O3. The highest BCUT2D eigenvalue weighted by atomic mass is 16.5. The number of amides is 1. The van der Waals surface area contributed by atoms with Crippen LogP contribution in [0.25, 0.3) is 21.8 Å². The third-order valence-electron chi connectivity index (χ3n) is 5.98. The summed E-state index contributed by atoms with van der Waals surface area (Å²) in [7, 11) is 3.34. The van der Waals surface area contributed by atoms with E-state index in [1.807, 2.05) is 18.2 Å². The van der Waals surface area contributed by atoms with Gasteiger partial charge in [0.2, 0.25) is 5.91 Å². The zero-order chi connectivity index (χ0) is 21.3. The molecule has 0 radical (unpaired) electrons. The van der Waals surface area contributed by atoms with E-state index in [0.29, 0.717) is 23.2 Å². The van der Waals surface area contributed by atoms with Gasteiger partial charge in [0.15, 0.2) is 0 Å². The molecule has 1 atom stereocenters. The molecule has 0 spiro atoms. The Labute approximate surface area is 175 Å². The van der Waals surface area contributed by atoms with E-state index in [1.165, 1.54) is 12.8 Å². The summed E-state index contributed by atoms with van der Waals surface area (Å²) in [6, 6.07) is 5.55. The minimum Gasteiger partial charge on any atom is -0.497 e. The lowest BCUT2D eigenvalue weighted by Gasteiger charge is -2.30. The van der Waals surface area contributed by atoms with Gasteiger partial charge in [-0.1, -0.05) is 6.92 Å². The molecule has 2 aromatic heterocycles. The molecule has 0 aliphatic carbocycles. The predicted octanol–water partition coefficient (Wildman–Crippen LogP) is 1.74. The van der Waals surface area contributed by atoms with E-state index in [9.17, 15) is 9.59 Å². The molecule has 3 aromatic rings. The molecule has 1 aliphatic rings. The Bertz CT molecular complexity index is 1130. The van der Waals surface area contributed by atoms with Crippen LogP contribution in [0.2, 0.25) is 0 Å². The van der Waals surface area contributed by atoms with Gasteiger partial charge < -0.3 is 19.5 Å². The van der Waals surface area contributed by atoms with Gasteiger partial charge in [0.1, 0.15) is 12.3 Å². The monoisotopic (exact) mass is 411 g/mol. The number of aromatic nitrogens is 3. The van der Waals surface area contributed by atoms with E-state index in [4.69, 9.17) is 4.74 Å². The lowest BCUT2D eigenvalue weighted by molar-refractivity contribution is -0.121. The lowest BCUT2D eigenvalue weighted by atomic mass is 10.0. The van der Waals surface area contributed by atoms with Crippen molar-refractivity contribution >= 4 is 27.7 Å². The fourth-order valence-electron chi connectivity index (χ4n) is 4.40. The summed E-state index contributed by atoms with van der Waals surface area (Å²) >= 11 is 0. The van der Waals surface area contributed by atoms with Crippen LogP contribution in [-0.2, 0) is 18.4 Å². The number of carbonyl (C=O) groups is 1. The van der Waals surface area contributed by atoms with Crippen LogP contribution in [0.15, 0.2) is 29.2 Å². The van der Waals surface area contributed by atoms with Crippen molar-refractivity contribution < 1.29 is 9.53 Å². The number of benzene rings is 1. The maximum Gasteiger partial charge on any atom is 0.261 e. The number of rotatable bonds is 6. The first kappa shape index (κ1) is 20.4. The number of hydrogen-bond acceptors (Lipinski definition) is 5. The van der Waals surface area contributed by atoms with Crippen molar-refractivity contribution in [2.75, 3.05) is 33.3 Å². The van der Waals surface area contributed by atoms with Crippen LogP contribution >= 0.6 is 0 Å². The molecule has 3 heterocycles. The summed E-state index contributed by atoms with van der Waals surface area (Å²) in [6.07, 6.45) is 4.05. The van der Waals surface area contributed by atoms with Crippen molar-refractivity contribution in [2.24, 2.45) is 13.0 Å². The van der Waals surface area contributed by atoms with Crippen LogP contribution in [0, 0.1) is 5.92 Å². The van der Waals surface area contributed by atoms with E-state index in [0.717, 1.165) is 36.5 Å². The third-order valence-corrected chi connectivity index (χ3v) is 5.98. The smallest absolute Gasteiger partial charge is 0.261 e. The fraction of sp³-hybridized carbons (Fsp3) is 0.500. The Balaban J connectivity index is 1.54. The molecule has 8 nitrogen and oxygen atoms in total. The van der Waals surface area contributed by atoms with E-state index in [2.05, 4.69) is 22.2 Å². The number of pyridine rings is 1. The predicted molar refractivity (Wildman–Crippen MR) is 117 cm³/mol. The summed E-state index contributed by atoms with van der Waals surface area (Å²) in [6.45, 7) is 6.01. The van der Waals surface area contributed by atoms with Crippen LogP contribution in [0.1, 0.15) is 19.8 Å². The lowest BCUT2D eigenvalue weighted by Crippen LogP contribution is -2.40. The Morgan fingerprint density at radius 2 is 2.17 bits per heavy atom. The number of hydrogen-bond donors (Lipinski definition) is 1.